The standard InChI is InChI=1S/C15H18ClNO3/c1-4-5-11-10(6-7-13(17-3)14(11)16)8-12(9(2)18)15(19)20/h6-7,9,12,18H,4-5,8H2,1-2H3,(H,19,20)/t9-,12+/m0/s1. The minimum atomic E-state index is -1.03. The Labute approximate surface area is 123 Å². The fraction of sp³-hybridized carbons (Fsp3) is 0.467. The van der Waals surface area contributed by atoms with E-state index in [1.54, 1.807) is 12.1 Å². The third-order valence-electron chi connectivity index (χ3n) is 3.28. The number of carboxylic acids is 1. The molecule has 4 nitrogen and oxygen atoms in total. The summed E-state index contributed by atoms with van der Waals surface area (Å²) < 4.78 is 0. The zero-order valence-electron chi connectivity index (χ0n) is 11.6. The number of carbonyl (C=O) groups is 1. The van der Waals surface area contributed by atoms with Crippen molar-refractivity contribution in [2.45, 2.75) is 39.2 Å². The number of carboxylic acid groups (broad SMARTS) is 1. The molecule has 0 amide bonds. The van der Waals surface area contributed by atoms with Gasteiger partial charge in [-0.05, 0) is 30.9 Å². The average Bonchev–Trinajstić information content (AvgIpc) is 2.38. The normalized spacial score (nSPS) is 13.6. The van der Waals surface area contributed by atoms with Crippen molar-refractivity contribution < 1.29 is 15.0 Å². The highest BCUT2D eigenvalue weighted by molar-refractivity contribution is 6.34. The highest BCUT2D eigenvalue weighted by Crippen LogP contribution is 2.33. The lowest BCUT2D eigenvalue weighted by Gasteiger charge is -2.18. The summed E-state index contributed by atoms with van der Waals surface area (Å²) in [6.07, 6.45) is 0.797. The van der Waals surface area contributed by atoms with Gasteiger partial charge in [-0.2, -0.15) is 0 Å². The second kappa shape index (κ2) is 7.28. The van der Waals surface area contributed by atoms with Gasteiger partial charge in [-0.25, -0.2) is 4.85 Å². The van der Waals surface area contributed by atoms with Crippen molar-refractivity contribution in [2.75, 3.05) is 0 Å². The van der Waals surface area contributed by atoms with Gasteiger partial charge in [-0.3, -0.25) is 4.79 Å². The zero-order valence-corrected chi connectivity index (χ0v) is 12.3. The van der Waals surface area contributed by atoms with E-state index >= 15 is 0 Å². The van der Waals surface area contributed by atoms with Crippen LogP contribution in [0.25, 0.3) is 4.85 Å². The number of aliphatic carboxylic acids is 1. The monoisotopic (exact) mass is 295 g/mol. The van der Waals surface area contributed by atoms with E-state index in [0.29, 0.717) is 17.1 Å². The summed E-state index contributed by atoms with van der Waals surface area (Å²) >= 11 is 6.21. The lowest BCUT2D eigenvalue weighted by molar-refractivity contribution is -0.145. The van der Waals surface area contributed by atoms with Crippen LogP contribution in [0.3, 0.4) is 0 Å². The minimum absolute atomic E-state index is 0.209. The molecular weight excluding hydrogens is 278 g/mol. The Hall–Kier alpha value is -1.57. The van der Waals surface area contributed by atoms with Crippen molar-refractivity contribution in [3.8, 4) is 0 Å². The molecule has 5 heteroatoms. The van der Waals surface area contributed by atoms with Crippen LogP contribution in [0.4, 0.5) is 5.69 Å². The van der Waals surface area contributed by atoms with Crippen molar-refractivity contribution in [1.29, 1.82) is 0 Å². The highest BCUT2D eigenvalue weighted by atomic mass is 35.5. The predicted octanol–water partition coefficient (Wildman–Crippen LogP) is 3.47. The molecule has 2 atom stereocenters. The van der Waals surface area contributed by atoms with Crippen LogP contribution < -0.4 is 0 Å². The Morgan fingerprint density at radius 1 is 1.50 bits per heavy atom. The molecule has 0 bridgehead atoms. The molecule has 0 aliphatic rings. The van der Waals surface area contributed by atoms with E-state index in [0.717, 1.165) is 17.5 Å². The van der Waals surface area contributed by atoms with E-state index in [1.807, 2.05) is 6.92 Å². The van der Waals surface area contributed by atoms with Gasteiger partial charge < -0.3 is 10.2 Å². The summed E-state index contributed by atoms with van der Waals surface area (Å²) in [4.78, 5) is 14.5. The third-order valence-corrected chi connectivity index (χ3v) is 3.70. The molecule has 20 heavy (non-hydrogen) atoms. The molecule has 1 rings (SSSR count). The van der Waals surface area contributed by atoms with Crippen molar-refractivity contribution in [3.05, 3.63) is 39.7 Å². The van der Waals surface area contributed by atoms with Gasteiger partial charge in [0, 0.05) is 0 Å². The minimum Gasteiger partial charge on any atom is -0.481 e. The number of halogens is 1. The molecular formula is C15H18ClNO3. The molecule has 0 saturated heterocycles. The fourth-order valence-corrected chi connectivity index (χ4v) is 2.47. The second-order valence-corrected chi connectivity index (χ2v) is 5.17. The lowest BCUT2D eigenvalue weighted by atomic mass is 9.90. The first-order chi connectivity index (χ1) is 9.42. The maximum Gasteiger partial charge on any atom is 0.309 e. The third kappa shape index (κ3) is 3.72. The van der Waals surface area contributed by atoms with Crippen LogP contribution in [0.2, 0.25) is 5.02 Å². The number of aliphatic hydroxyl groups excluding tert-OH is 1. The number of benzene rings is 1. The van der Waals surface area contributed by atoms with E-state index < -0.39 is 18.0 Å². The maximum atomic E-state index is 11.2. The van der Waals surface area contributed by atoms with Gasteiger partial charge in [0.1, 0.15) is 0 Å². The Morgan fingerprint density at radius 2 is 2.15 bits per heavy atom. The van der Waals surface area contributed by atoms with E-state index in [1.165, 1.54) is 6.92 Å². The molecule has 1 aromatic rings. The Kier molecular flexibility index (Phi) is 6.00. The Bertz CT molecular complexity index is 535. The first kappa shape index (κ1) is 16.5. The number of aliphatic hydroxyl groups is 1. The van der Waals surface area contributed by atoms with E-state index in [2.05, 4.69) is 4.85 Å². The fourth-order valence-electron chi connectivity index (χ4n) is 2.15. The van der Waals surface area contributed by atoms with Crippen LogP contribution in [0, 0.1) is 12.5 Å². The van der Waals surface area contributed by atoms with Crippen molar-refractivity contribution in [1.82, 2.24) is 0 Å². The van der Waals surface area contributed by atoms with Crippen LogP contribution in [0.1, 0.15) is 31.4 Å². The number of hydrogen-bond acceptors (Lipinski definition) is 2. The van der Waals surface area contributed by atoms with Gasteiger partial charge in [0.2, 0.25) is 5.69 Å². The van der Waals surface area contributed by atoms with Gasteiger partial charge in [0.15, 0.2) is 0 Å². The van der Waals surface area contributed by atoms with Gasteiger partial charge in [0.05, 0.1) is 23.6 Å². The maximum absolute atomic E-state index is 11.2. The molecule has 0 radical (unpaired) electrons. The summed E-state index contributed by atoms with van der Waals surface area (Å²) in [5, 5.41) is 19.1. The van der Waals surface area contributed by atoms with Crippen LogP contribution in [-0.4, -0.2) is 22.3 Å². The van der Waals surface area contributed by atoms with Crippen LogP contribution in [0.15, 0.2) is 12.1 Å². The molecule has 0 fully saturated rings. The first-order valence-electron chi connectivity index (χ1n) is 6.50. The molecule has 108 valence electrons. The molecule has 0 unspecified atom stereocenters. The van der Waals surface area contributed by atoms with Crippen LogP contribution in [-0.2, 0) is 17.6 Å². The number of nitrogens with zero attached hydrogens (tertiary/aromatic N) is 1. The summed E-state index contributed by atoms with van der Waals surface area (Å²) in [6.45, 7) is 10.5. The molecule has 2 N–H and O–H groups in total. The van der Waals surface area contributed by atoms with Crippen LogP contribution in [0.5, 0.6) is 0 Å². The SMILES string of the molecule is [C-]#[N+]c1ccc(C[C@@H](C(=O)O)[C@H](C)O)c(CCC)c1Cl. The zero-order chi connectivity index (χ0) is 15.3. The summed E-state index contributed by atoms with van der Waals surface area (Å²) in [7, 11) is 0. The van der Waals surface area contributed by atoms with Gasteiger partial charge in [0.25, 0.3) is 0 Å². The highest BCUT2D eigenvalue weighted by Gasteiger charge is 2.25. The Morgan fingerprint density at radius 3 is 2.60 bits per heavy atom. The Balaban J connectivity index is 3.21. The quantitative estimate of drug-likeness (QED) is 0.790. The van der Waals surface area contributed by atoms with Crippen molar-refractivity contribution in [3.63, 3.8) is 0 Å². The van der Waals surface area contributed by atoms with Gasteiger partial charge in [-0.1, -0.05) is 37.1 Å². The van der Waals surface area contributed by atoms with Gasteiger partial charge in [-0.15, -0.1) is 0 Å². The number of hydrogen-bond donors (Lipinski definition) is 2. The first-order valence-corrected chi connectivity index (χ1v) is 6.88. The second-order valence-electron chi connectivity index (χ2n) is 4.79. The molecule has 0 heterocycles. The smallest absolute Gasteiger partial charge is 0.309 e. The van der Waals surface area contributed by atoms with Crippen molar-refractivity contribution in [2.24, 2.45) is 5.92 Å². The van der Waals surface area contributed by atoms with E-state index in [4.69, 9.17) is 23.3 Å². The van der Waals surface area contributed by atoms with Crippen LogP contribution >= 0.6 is 11.6 Å². The topological polar surface area (TPSA) is 61.9 Å². The molecule has 0 aliphatic carbocycles. The molecule has 0 aromatic heterocycles. The van der Waals surface area contributed by atoms with E-state index in [-0.39, 0.29) is 6.42 Å². The summed E-state index contributed by atoms with van der Waals surface area (Å²) in [6, 6.07) is 3.34. The predicted molar refractivity (Wildman–Crippen MR) is 78.2 cm³/mol. The van der Waals surface area contributed by atoms with Gasteiger partial charge >= 0.3 is 5.97 Å². The average molecular weight is 296 g/mol. The van der Waals surface area contributed by atoms with E-state index in [9.17, 15) is 9.90 Å². The largest absolute Gasteiger partial charge is 0.481 e. The molecule has 0 saturated carbocycles. The summed E-state index contributed by atoms with van der Waals surface area (Å²) in [5.74, 6) is -1.91. The molecule has 0 aliphatic heterocycles. The molecule has 1 aromatic carbocycles. The summed E-state index contributed by atoms with van der Waals surface area (Å²) in [5.41, 5.74) is 1.98. The van der Waals surface area contributed by atoms with Crippen molar-refractivity contribution >= 4 is 23.3 Å². The number of rotatable bonds is 6. The lowest BCUT2D eigenvalue weighted by Crippen LogP contribution is -2.28. The molecule has 0 spiro atoms.